The molecular formula is C16H19N3O2. The van der Waals surface area contributed by atoms with Crippen molar-refractivity contribution in [3.05, 3.63) is 47.1 Å². The molecule has 0 spiro atoms. The standard InChI is InChI=1S/C16H19N3O2/c1-3-12-6-4-5-7-14(12)16(20)19-9-8-13(10-19)15-17-11(2)18-21-15/h4-7,13H,3,8-10H2,1-2H3/t13-/m1/s1. The second-order valence-electron chi connectivity index (χ2n) is 5.43. The zero-order valence-electron chi connectivity index (χ0n) is 12.4. The third kappa shape index (κ3) is 2.68. The van der Waals surface area contributed by atoms with Crippen molar-refractivity contribution >= 4 is 5.91 Å². The van der Waals surface area contributed by atoms with Gasteiger partial charge in [-0.2, -0.15) is 4.98 Å². The second kappa shape index (κ2) is 5.68. The largest absolute Gasteiger partial charge is 0.339 e. The first-order valence-corrected chi connectivity index (χ1v) is 7.36. The van der Waals surface area contributed by atoms with E-state index in [1.54, 1.807) is 0 Å². The maximum Gasteiger partial charge on any atom is 0.254 e. The van der Waals surface area contributed by atoms with E-state index in [0.717, 1.165) is 30.5 Å². The van der Waals surface area contributed by atoms with Crippen molar-refractivity contribution in [3.8, 4) is 0 Å². The normalized spacial score (nSPS) is 18.2. The lowest BCUT2D eigenvalue weighted by Gasteiger charge is -2.17. The zero-order valence-corrected chi connectivity index (χ0v) is 12.4. The number of hydrogen-bond acceptors (Lipinski definition) is 4. The first kappa shape index (κ1) is 13.8. The predicted octanol–water partition coefficient (Wildman–Crippen LogP) is 2.57. The third-order valence-electron chi connectivity index (χ3n) is 4.00. The smallest absolute Gasteiger partial charge is 0.254 e. The Hall–Kier alpha value is -2.17. The van der Waals surface area contributed by atoms with Gasteiger partial charge in [-0.1, -0.05) is 30.3 Å². The van der Waals surface area contributed by atoms with Gasteiger partial charge in [0.1, 0.15) is 0 Å². The van der Waals surface area contributed by atoms with Crippen molar-refractivity contribution in [2.45, 2.75) is 32.6 Å². The lowest BCUT2D eigenvalue weighted by atomic mass is 10.0. The Morgan fingerprint density at radius 3 is 2.95 bits per heavy atom. The Labute approximate surface area is 124 Å². The molecule has 110 valence electrons. The highest BCUT2D eigenvalue weighted by Gasteiger charge is 2.31. The van der Waals surface area contributed by atoms with Crippen LogP contribution in [-0.2, 0) is 6.42 Å². The highest BCUT2D eigenvalue weighted by Crippen LogP contribution is 2.27. The average molecular weight is 285 g/mol. The molecule has 2 aromatic rings. The monoisotopic (exact) mass is 285 g/mol. The summed E-state index contributed by atoms with van der Waals surface area (Å²) in [5, 5.41) is 3.83. The van der Waals surface area contributed by atoms with E-state index in [2.05, 4.69) is 17.1 Å². The Morgan fingerprint density at radius 1 is 1.43 bits per heavy atom. The maximum absolute atomic E-state index is 12.7. The summed E-state index contributed by atoms with van der Waals surface area (Å²) in [4.78, 5) is 18.8. The molecule has 5 nitrogen and oxygen atoms in total. The number of aromatic nitrogens is 2. The van der Waals surface area contributed by atoms with Crippen molar-refractivity contribution in [1.29, 1.82) is 0 Å². The molecule has 21 heavy (non-hydrogen) atoms. The van der Waals surface area contributed by atoms with Crippen molar-refractivity contribution in [3.63, 3.8) is 0 Å². The van der Waals surface area contributed by atoms with Crippen LogP contribution in [0.5, 0.6) is 0 Å². The van der Waals surface area contributed by atoms with Crippen LogP contribution in [0.15, 0.2) is 28.8 Å². The van der Waals surface area contributed by atoms with Gasteiger partial charge in [0, 0.05) is 18.7 Å². The van der Waals surface area contributed by atoms with Crippen LogP contribution >= 0.6 is 0 Å². The van der Waals surface area contributed by atoms with E-state index in [4.69, 9.17) is 4.52 Å². The van der Waals surface area contributed by atoms with Gasteiger partial charge in [0.25, 0.3) is 5.91 Å². The van der Waals surface area contributed by atoms with Crippen molar-refractivity contribution in [2.75, 3.05) is 13.1 Å². The molecule has 0 radical (unpaired) electrons. The van der Waals surface area contributed by atoms with Gasteiger partial charge < -0.3 is 9.42 Å². The fraction of sp³-hybridized carbons (Fsp3) is 0.438. The van der Waals surface area contributed by atoms with Crippen LogP contribution in [0.1, 0.15) is 46.9 Å². The molecule has 1 aliphatic heterocycles. The Kier molecular flexibility index (Phi) is 3.73. The molecule has 2 heterocycles. The highest BCUT2D eigenvalue weighted by molar-refractivity contribution is 5.95. The summed E-state index contributed by atoms with van der Waals surface area (Å²) in [6.07, 6.45) is 1.74. The molecule has 0 bridgehead atoms. The molecule has 0 saturated carbocycles. The van der Waals surface area contributed by atoms with E-state index in [1.807, 2.05) is 36.1 Å². The van der Waals surface area contributed by atoms with E-state index in [0.29, 0.717) is 18.3 Å². The van der Waals surface area contributed by atoms with Crippen LogP contribution in [0, 0.1) is 6.92 Å². The number of nitrogens with zero attached hydrogens (tertiary/aromatic N) is 3. The number of likely N-dealkylation sites (tertiary alicyclic amines) is 1. The van der Waals surface area contributed by atoms with E-state index in [-0.39, 0.29) is 11.8 Å². The fourth-order valence-electron chi connectivity index (χ4n) is 2.83. The van der Waals surface area contributed by atoms with Gasteiger partial charge in [-0.3, -0.25) is 4.79 Å². The van der Waals surface area contributed by atoms with Crippen LogP contribution < -0.4 is 0 Å². The van der Waals surface area contributed by atoms with Gasteiger partial charge >= 0.3 is 0 Å². The molecule has 1 atom stereocenters. The molecule has 5 heteroatoms. The number of hydrogen-bond donors (Lipinski definition) is 0. The van der Waals surface area contributed by atoms with Crippen LogP contribution in [-0.4, -0.2) is 34.0 Å². The minimum absolute atomic E-state index is 0.103. The van der Waals surface area contributed by atoms with E-state index in [9.17, 15) is 4.79 Å². The van der Waals surface area contributed by atoms with Gasteiger partial charge in [-0.15, -0.1) is 0 Å². The zero-order chi connectivity index (χ0) is 14.8. The summed E-state index contributed by atoms with van der Waals surface area (Å²) in [5.74, 6) is 1.55. The topological polar surface area (TPSA) is 59.2 Å². The summed E-state index contributed by atoms with van der Waals surface area (Å²) in [7, 11) is 0. The first-order chi connectivity index (χ1) is 10.2. The van der Waals surface area contributed by atoms with E-state index in [1.165, 1.54) is 0 Å². The van der Waals surface area contributed by atoms with Gasteiger partial charge in [0.2, 0.25) is 5.89 Å². The highest BCUT2D eigenvalue weighted by atomic mass is 16.5. The van der Waals surface area contributed by atoms with Crippen molar-refractivity contribution in [2.24, 2.45) is 0 Å². The molecule has 0 aliphatic carbocycles. The van der Waals surface area contributed by atoms with E-state index < -0.39 is 0 Å². The maximum atomic E-state index is 12.7. The van der Waals surface area contributed by atoms with Crippen LogP contribution in [0.4, 0.5) is 0 Å². The van der Waals surface area contributed by atoms with Gasteiger partial charge in [0.05, 0.1) is 5.92 Å². The van der Waals surface area contributed by atoms with Crippen molar-refractivity contribution < 1.29 is 9.32 Å². The summed E-state index contributed by atoms with van der Waals surface area (Å²) >= 11 is 0. The second-order valence-corrected chi connectivity index (χ2v) is 5.43. The molecule has 1 fully saturated rings. The third-order valence-corrected chi connectivity index (χ3v) is 4.00. The molecule has 3 rings (SSSR count). The number of aryl methyl sites for hydroxylation is 2. The molecule has 0 unspecified atom stereocenters. The van der Waals surface area contributed by atoms with Gasteiger partial charge in [-0.05, 0) is 31.4 Å². The molecule has 1 amide bonds. The SMILES string of the molecule is CCc1ccccc1C(=O)N1CC[C@@H](c2nc(C)no2)C1. The quantitative estimate of drug-likeness (QED) is 0.869. The molecule has 0 N–H and O–H groups in total. The van der Waals surface area contributed by atoms with Crippen LogP contribution in [0.25, 0.3) is 0 Å². The van der Waals surface area contributed by atoms with Gasteiger partial charge in [-0.25, -0.2) is 0 Å². The molecular weight excluding hydrogens is 266 g/mol. The number of benzene rings is 1. The summed E-state index contributed by atoms with van der Waals surface area (Å²) in [6, 6.07) is 7.82. The summed E-state index contributed by atoms with van der Waals surface area (Å²) in [6.45, 7) is 5.27. The molecule has 1 aromatic carbocycles. The first-order valence-electron chi connectivity index (χ1n) is 7.36. The summed E-state index contributed by atoms with van der Waals surface area (Å²) < 4.78 is 5.23. The molecule has 1 saturated heterocycles. The Bertz CT molecular complexity index is 650. The minimum atomic E-state index is 0.103. The number of amides is 1. The number of carbonyl (C=O) groups excluding carboxylic acids is 1. The number of rotatable bonds is 3. The van der Waals surface area contributed by atoms with Crippen molar-refractivity contribution in [1.82, 2.24) is 15.0 Å². The fourth-order valence-corrected chi connectivity index (χ4v) is 2.83. The van der Waals surface area contributed by atoms with Crippen LogP contribution in [0.2, 0.25) is 0 Å². The predicted molar refractivity (Wildman–Crippen MR) is 78.1 cm³/mol. The van der Waals surface area contributed by atoms with E-state index >= 15 is 0 Å². The molecule has 1 aromatic heterocycles. The summed E-state index contributed by atoms with van der Waals surface area (Å²) in [5.41, 5.74) is 1.90. The van der Waals surface area contributed by atoms with Gasteiger partial charge in [0.15, 0.2) is 5.82 Å². The minimum Gasteiger partial charge on any atom is -0.339 e. The molecule has 1 aliphatic rings. The lowest BCUT2D eigenvalue weighted by Crippen LogP contribution is -2.29. The van der Waals surface area contributed by atoms with Crippen LogP contribution in [0.3, 0.4) is 0 Å². The Balaban J connectivity index is 1.75. The number of carbonyl (C=O) groups is 1. The Morgan fingerprint density at radius 2 is 2.24 bits per heavy atom. The average Bonchev–Trinajstić information content (AvgIpc) is 3.15. The lowest BCUT2D eigenvalue weighted by molar-refractivity contribution is 0.0788.